The third kappa shape index (κ3) is 5.18. The molecule has 0 aromatic heterocycles. The highest BCUT2D eigenvalue weighted by molar-refractivity contribution is 7.92. The van der Waals surface area contributed by atoms with Gasteiger partial charge in [-0.2, -0.15) is 0 Å². The molecule has 6 heteroatoms. The molecule has 0 aliphatic rings. The van der Waals surface area contributed by atoms with Crippen LogP contribution in [0.2, 0.25) is 0 Å². The smallest absolute Gasteiger partial charge is 0.248 e. The third-order valence-electron chi connectivity index (χ3n) is 5.11. The molecule has 1 atom stereocenters. The molecule has 0 heterocycles. The zero-order valence-corrected chi connectivity index (χ0v) is 19.2. The molecule has 0 saturated carbocycles. The molecule has 5 nitrogen and oxygen atoms in total. The topological polar surface area (TPSA) is 66.5 Å². The molecule has 2 aromatic carbocycles. The Morgan fingerprint density at radius 3 is 2.28 bits per heavy atom. The maximum Gasteiger partial charge on any atom is 0.248 e. The lowest BCUT2D eigenvalue weighted by Gasteiger charge is -2.32. The van der Waals surface area contributed by atoms with Gasteiger partial charge in [-0.3, -0.25) is 9.10 Å². The van der Waals surface area contributed by atoms with Crippen LogP contribution in [0.4, 0.5) is 11.4 Å². The average molecular weight is 417 g/mol. The summed E-state index contributed by atoms with van der Waals surface area (Å²) in [6.45, 7) is 11.7. The van der Waals surface area contributed by atoms with Crippen molar-refractivity contribution in [2.45, 2.75) is 59.9 Å². The number of nitrogens with zero attached hydrogens (tertiary/aromatic N) is 1. The molecule has 0 fully saturated rings. The quantitative estimate of drug-likeness (QED) is 0.697. The van der Waals surface area contributed by atoms with Gasteiger partial charge in [-0.25, -0.2) is 8.42 Å². The van der Waals surface area contributed by atoms with Gasteiger partial charge in [-0.1, -0.05) is 51.1 Å². The van der Waals surface area contributed by atoms with E-state index in [9.17, 15) is 13.2 Å². The van der Waals surface area contributed by atoms with Crippen LogP contribution in [0.1, 0.15) is 55.4 Å². The van der Waals surface area contributed by atoms with E-state index in [4.69, 9.17) is 0 Å². The van der Waals surface area contributed by atoms with Crippen LogP contribution >= 0.6 is 0 Å². The number of sulfonamides is 1. The molecule has 29 heavy (non-hydrogen) atoms. The van der Waals surface area contributed by atoms with Crippen molar-refractivity contribution in [3.8, 4) is 0 Å². The summed E-state index contributed by atoms with van der Waals surface area (Å²) in [4.78, 5) is 13.3. The molecule has 158 valence electrons. The molecule has 2 aromatic rings. The maximum absolute atomic E-state index is 13.3. The number of hydrogen-bond acceptors (Lipinski definition) is 3. The van der Waals surface area contributed by atoms with Gasteiger partial charge in [0.15, 0.2) is 0 Å². The van der Waals surface area contributed by atoms with E-state index >= 15 is 0 Å². The molecule has 0 aliphatic carbocycles. The van der Waals surface area contributed by atoms with Gasteiger partial charge in [-0.15, -0.1) is 0 Å². The zero-order valence-electron chi connectivity index (χ0n) is 18.4. The van der Waals surface area contributed by atoms with Gasteiger partial charge in [0.2, 0.25) is 15.9 Å². The maximum atomic E-state index is 13.3. The molecule has 0 radical (unpaired) electrons. The Hall–Kier alpha value is -2.34. The first kappa shape index (κ1) is 22.9. The number of aryl methyl sites for hydroxylation is 3. The van der Waals surface area contributed by atoms with Crippen LogP contribution in [-0.2, 0) is 14.8 Å². The monoisotopic (exact) mass is 416 g/mol. The molecule has 2 rings (SSSR count). The molecule has 0 bridgehead atoms. The third-order valence-corrected chi connectivity index (χ3v) is 6.27. The second kappa shape index (κ2) is 8.99. The summed E-state index contributed by atoms with van der Waals surface area (Å²) < 4.78 is 26.7. The SMILES string of the molecule is CCC(C(=O)Nc1c(C)cccc1C(C)C)N(c1cc(C)ccc1C)S(C)(=O)=O. The molecule has 1 amide bonds. The van der Waals surface area contributed by atoms with Gasteiger partial charge < -0.3 is 5.32 Å². The van der Waals surface area contributed by atoms with Crippen molar-refractivity contribution in [1.29, 1.82) is 0 Å². The van der Waals surface area contributed by atoms with Gasteiger partial charge in [0.25, 0.3) is 0 Å². The summed E-state index contributed by atoms with van der Waals surface area (Å²) >= 11 is 0. The van der Waals surface area contributed by atoms with E-state index in [0.29, 0.717) is 12.1 Å². The lowest BCUT2D eigenvalue weighted by atomic mass is 9.98. The molecule has 0 aliphatic heterocycles. The van der Waals surface area contributed by atoms with Gasteiger partial charge in [0.1, 0.15) is 6.04 Å². The largest absolute Gasteiger partial charge is 0.324 e. The highest BCUT2D eigenvalue weighted by Crippen LogP contribution is 2.30. The van der Waals surface area contributed by atoms with E-state index in [-0.39, 0.29) is 11.8 Å². The molecular formula is C23H32N2O3S. The number of carbonyl (C=O) groups excluding carboxylic acids is 1. The minimum Gasteiger partial charge on any atom is -0.324 e. The number of rotatable bonds is 7. The molecule has 1 N–H and O–H groups in total. The van der Waals surface area contributed by atoms with Gasteiger partial charge in [-0.05, 0) is 61.4 Å². The fourth-order valence-corrected chi connectivity index (χ4v) is 4.80. The average Bonchev–Trinajstić information content (AvgIpc) is 2.62. The van der Waals surface area contributed by atoms with Crippen LogP contribution in [0, 0.1) is 20.8 Å². The Morgan fingerprint density at radius 2 is 1.72 bits per heavy atom. The number of para-hydroxylation sites is 1. The lowest BCUT2D eigenvalue weighted by molar-refractivity contribution is -0.117. The van der Waals surface area contributed by atoms with Crippen molar-refractivity contribution in [3.05, 3.63) is 58.7 Å². The van der Waals surface area contributed by atoms with E-state index in [1.807, 2.05) is 64.1 Å². The van der Waals surface area contributed by atoms with Crippen molar-refractivity contribution in [2.75, 3.05) is 15.9 Å². The van der Waals surface area contributed by atoms with Crippen LogP contribution in [0.15, 0.2) is 36.4 Å². The van der Waals surface area contributed by atoms with E-state index in [0.717, 1.165) is 34.2 Å². The van der Waals surface area contributed by atoms with Crippen LogP contribution in [0.5, 0.6) is 0 Å². The summed E-state index contributed by atoms with van der Waals surface area (Å²) in [6, 6.07) is 10.7. The summed E-state index contributed by atoms with van der Waals surface area (Å²) in [5.41, 5.74) is 5.05. The van der Waals surface area contributed by atoms with Crippen LogP contribution in [0.25, 0.3) is 0 Å². The molecule has 0 saturated heterocycles. The lowest BCUT2D eigenvalue weighted by Crippen LogP contribution is -2.47. The van der Waals surface area contributed by atoms with E-state index in [1.54, 1.807) is 0 Å². The second-order valence-electron chi connectivity index (χ2n) is 7.96. The highest BCUT2D eigenvalue weighted by atomic mass is 32.2. The summed E-state index contributed by atoms with van der Waals surface area (Å²) in [5, 5.41) is 3.02. The number of nitrogens with one attached hydrogen (secondary N) is 1. The minimum absolute atomic E-state index is 0.232. The first-order valence-electron chi connectivity index (χ1n) is 9.94. The number of hydrogen-bond donors (Lipinski definition) is 1. The van der Waals surface area contributed by atoms with Crippen molar-refractivity contribution in [3.63, 3.8) is 0 Å². The van der Waals surface area contributed by atoms with Gasteiger partial charge in [0.05, 0.1) is 11.9 Å². The fraction of sp³-hybridized carbons (Fsp3) is 0.435. The Balaban J connectivity index is 2.52. The number of amides is 1. The van der Waals surface area contributed by atoms with Crippen molar-refractivity contribution in [2.24, 2.45) is 0 Å². The Kier molecular flexibility index (Phi) is 7.11. The number of anilines is 2. The van der Waals surface area contributed by atoms with Gasteiger partial charge >= 0.3 is 0 Å². The summed E-state index contributed by atoms with van der Waals surface area (Å²) in [5.74, 6) is -0.0923. The normalized spacial score (nSPS) is 12.7. The first-order chi connectivity index (χ1) is 13.5. The zero-order chi connectivity index (χ0) is 21.9. The Labute approximate surface area is 175 Å². The molecule has 1 unspecified atom stereocenters. The standard InChI is InChI=1S/C23H32N2O3S/c1-8-20(23(26)24-22-18(6)10-9-11-19(22)15(2)3)25(29(7,27)28)21-14-16(4)12-13-17(21)5/h9-15,20H,8H2,1-7H3,(H,24,26). The van der Waals surface area contributed by atoms with Crippen LogP contribution in [0.3, 0.4) is 0 Å². The first-order valence-corrected chi connectivity index (χ1v) is 11.8. The second-order valence-corrected chi connectivity index (χ2v) is 9.82. The fourth-order valence-electron chi connectivity index (χ4n) is 3.54. The predicted octanol–water partition coefficient (Wildman–Crippen LogP) is 4.92. The Bertz CT molecular complexity index is 997. The highest BCUT2D eigenvalue weighted by Gasteiger charge is 2.33. The van der Waals surface area contributed by atoms with Crippen molar-refractivity contribution >= 4 is 27.3 Å². The van der Waals surface area contributed by atoms with E-state index in [2.05, 4.69) is 19.2 Å². The molecular weight excluding hydrogens is 384 g/mol. The van der Waals surface area contributed by atoms with Gasteiger partial charge in [0, 0.05) is 5.69 Å². The number of carbonyl (C=O) groups is 1. The summed E-state index contributed by atoms with van der Waals surface area (Å²) in [6.07, 6.45) is 1.51. The predicted molar refractivity (Wildman–Crippen MR) is 121 cm³/mol. The number of benzene rings is 2. The van der Waals surface area contributed by atoms with E-state index < -0.39 is 16.1 Å². The van der Waals surface area contributed by atoms with Crippen LogP contribution in [-0.4, -0.2) is 26.6 Å². The molecule has 0 spiro atoms. The van der Waals surface area contributed by atoms with E-state index in [1.165, 1.54) is 4.31 Å². The summed E-state index contributed by atoms with van der Waals surface area (Å²) in [7, 11) is -3.67. The van der Waals surface area contributed by atoms with Crippen molar-refractivity contribution in [1.82, 2.24) is 0 Å². The van der Waals surface area contributed by atoms with Crippen LogP contribution < -0.4 is 9.62 Å². The Morgan fingerprint density at radius 1 is 1.07 bits per heavy atom. The van der Waals surface area contributed by atoms with Crippen molar-refractivity contribution < 1.29 is 13.2 Å². The minimum atomic E-state index is -3.67.